The molecule has 2 rings (SSSR count). The molecule has 5 heteroatoms. The molecule has 0 radical (unpaired) electrons. The van der Waals surface area contributed by atoms with Gasteiger partial charge >= 0.3 is 5.97 Å². The van der Waals surface area contributed by atoms with Crippen LogP contribution in [0.15, 0.2) is 30.3 Å². The molecule has 2 atom stereocenters. The molecule has 0 heterocycles. The van der Waals surface area contributed by atoms with Crippen LogP contribution in [0.4, 0.5) is 0 Å². The van der Waals surface area contributed by atoms with Crippen LogP contribution in [-0.4, -0.2) is 30.3 Å². The standard InChI is InChI=1S/C17H24N2O2S/c1-2-21-16(20)14-9-6-10-15(14)19-17(22)18-12-11-13-7-4-3-5-8-13/h3-5,7-8,14-15H,2,6,9-12H2,1H3,(H2,18,19,22)/t14-,15+/m1/s1. The zero-order chi connectivity index (χ0) is 15.8. The molecule has 2 N–H and O–H groups in total. The number of benzene rings is 1. The highest BCUT2D eigenvalue weighted by Gasteiger charge is 2.34. The van der Waals surface area contributed by atoms with Crippen molar-refractivity contribution < 1.29 is 9.53 Å². The zero-order valence-electron chi connectivity index (χ0n) is 13.0. The number of ether oxygens (including phenoxy) is 1. The normalized spacial score (nSPS) is 20.4. The summed E-state index contributed by atoms with van der Waals surface area (Å²) < 4.78 is 5.13. The van der Waals surface area contributed by atoms with Crippen LogP contribution in [0.3, 0.4) is 0 Å². The third kappa shape index (κ3) is 4.98. The first kappa shape index (κ1) is 16.7. The summed E-state index contributed by atoms with van der Waals surface area (Å²) in [5.41, 5.74) is 1.28. The predicted molar refractivity (Wildman–Crippen MR) is 91.6 cm³/mol. The molecule has 22 heavy (non-hydrogen) atoms. The number of carbonyl (C=O) groups is 1. The van der Waals surface area contributed by atoms with E-state index in [-0.39, 0.29) is 17.9 Å². The van der Waals surface area contributed by atoms with E-state index in [9.17, 15) is 4.79 Å². The van der Waals surface area contributed by atoms with Gasteiger partial charge in [-0.1, -0.05) is 36.8 Å². The Hall–Kier alpha value is -1.62. The van der Waals surface area contributed by atoms with Crippen LogP contribution in [0.25, 0.3) is 0 Å². The van der Waals surface area contributed by atoms with Crippen molar-refractivity contribution in [1.82, 2.24) is 10.6 Å². The van der Waals surface area contributed by atoms with Crippen molar-refractivity contribution in [3.8, 4) is 0 Å². The second kappa shape index (κ2) is 8.73. The molecule has 0 spiro atoms. The molecule has 4 nitrogen and oxygen atoms in total. The fourth-order valence-electron chi connectivity index (χ4n) is 2.85. The second-order valence-electron chi connectivity index (χ2n) is 5.53. The Balaban J connectivity index is 1.73. The van der Waals surface area contributed by atoms with E-state index in [2.05, 4.69) is 22.8 Å². The highest BCUT2D eigenvalue weighted by molar-refractivity contribution is 7.80. The molecule has 0 bridgehead atoms. The number of carbonyl (C=O) groups excluding carboxylic acids is 1. The summed E-state index contributed by atoms with van der Waals surface area (Å²) in [6, 6.07) is 10.4. The lowest BCUT2D eigenvalue weighted by atomic mass is 10.0. The average Bonchev–Trinajstić information content (AvgIpc) is 2.97. The van der Waals surface area contributed by atoms with E-state index >= 15 is 0 Å². The van der Waals surface area contributed by atoms with Crippen LogP contribution in [0, 0.1) is 5.92 Å². The Morgan fingerprint density at radius 1 is 1.32 bits per heavy atom. The van der Waals surface area contributed by atoms with E-state index in [1.54, 1.807) is 0 Å². The number of thiocarbonyl (C=S) groups is 1. The molecular weight excluding hydrogens is 296 g/mol. The molecular formula is C17H24N2O2S. The second-order valence-corrected chi connectivity index (χ2v) is 5.94. The summed E-state index contributed by atoms with van der Waals surface area (Å²) in [6.07, 6.45) is 3.80. The van der Waals surface area contributed by atoms with Gasteiger partial charge in [0, 0.05) is 12.6 Å². The summed E-state index contributed by atoms with van der Waals surface area (Å²) in [5, 5.41) is 7.11. The van der Waals surface area contributed by atoms with Gasteiger partial charge in [0.25, 0.3) is 0 Å². The SMILES string of the molecule is CCOC(=O)[C@@H]1CCC[C@@H]1NC(=S)NCCc1ccccc1. The topological polar surface area (TPSA) is 50.4 Å². The minimum atomic E-state index is -0.107. The van der Waals surface area contributed by atoms with Crippen molar-refractivity contribution in [2.24, 2.45) is 5.92 Å². The van der Waals surface area contributed by atoms with Gasteiger partial charge in [-0.15, -0.1) is 0 Å². The van der Waals surface area contributed by atoms with Crippen molar-refractivity contribution in [1.29, 1.82) is 0 Å². The summed E-state index contributed by atoms with van der Waals surface area (Å²) >= 11 is 5.34. The quantitative estimate of drug-likeness (QED) is 0.623. The molecule has 1 aliphatic carbocycles. The van der Waals surface area contributed by atoms with Crippen molar-refractivity contribution >= 4 is 23.3 Å². The van der Waals surface area contributed by atoms with Gasteiger partial charge in [0.2, 0.25) is 0 Å². The van der Waals surface area contributed by atoms with Gasteiger partial charge in [0.1, 0.15) is 0 Å². The maximum atomic E-state index is 11.9. The molecule has 120 valence electrons. The van der Waals surface area contributed by atoms with Gasteiger partial charge in [0.15, 0.2) is 5.11 Å². The van der Waals surface area contributed by atoms with Crippen LogP contribution in [0.2, 0.25) is 0 Å². The summed E-state index contributed by atoms with van der Waals surface area (Å²) in [7, 11) is 0. The van der Waals surface area contributed by atoms with E-state index in [0.29, 0.717) is 11.7 Å². The smallest absolute Gasteiger partial charge is 0.311 e. The first-order chi connectivity index (χ1) is 10.7. The average molecular weight is 320 g/mol. The molecule has 0 unspecified atom stereocenters. The van der Waals surface area contributed by atoms with Crippen LogP contribution in [0.5, 0.6) is 0 Å². The Labute approximate surface area is 137 Å². The van der Waals surface area contributed by atoms with Crippen molar-refractivity contribution in [3.05, 3.63) is 35.9 Å². The summed E-state index contributed by atoms with van der Waals surface area (Å²) in [5.74, 6) is -0.182. The minimum absolute atomic E-state index is 0.0752. The zero-order valence-corrected chi connectivity index (χ0v) is 13.8. The Kier molecular flexibility index (Phi) is 6.65. The third-order valence-electron chi connectivity index (χ3n) is 3.96. The predicted octanol–water partition coefficient (Wildman–Crippen LogP) is 2.43. The van der Waals surface area contributed by atoms with Gasteiger partial charge in [-0.25, -0.2) is 0 Å². The van der Waals surface area contributed by atoms with Crippen molar-refractivity contribution in [3.63, 3.8) is 0 Å². The number of hydrogen-bond donors (Lipinski definition) is 2. The van der Waals surface area contributed by atoms with E-state index in [1.807, 2.05) is 25.1 Å². The first-order valence-corrected chi connectivity index (χ1v) is 8.36. The molecule has 0 saturated heterocycles. The molecule has 0 amide bonds. The van der Waals surface area contributed by atoms with Crippen molar-refractivity contribution in [2.75, 3.05) is 13.2 Å². The van der Waals surface area contributed by atoms with Gasteiger partial charge in [-0.2, -0.15) is 0 Å². The van der Waals surface area contributed by atoms with Gasteiger partial charge in [-0.3, -0.25) is 4.79 Å². The fourth-order valence-corrected chi connectivity index (χ4v) is 3.10. The third-order valence-corrected chi connectivity index (χ3v) is 4.23. The lowest BCUT2D eigenvalue weighted by molar-refractivity contribution is -0.148. The molecule has 0 aliphatic heterocycles. The Morgan fingerprint density at radius 3 is 2.82 bits per heavy atom. The maximum absolute atomic E-state index is 11.9. The van der Waals surface area contributed by atoms with Gasteiger partial charge in [-0.05, 0) is 44.0 Å². The molecule has 1 fully saturated rings. The highest BCUT2D eigenvalue weighted by Crippen LogP contribution is 2.26. The number of hydrogen-bond acceptors (Lipinski definition) is 3. The molecule has 1 saturated carbocycles. The van der Waals surface area contributed by atoms with Crippen LogP contribution >= 0.6 is 12.2 Å². The maximum Gasteiger partial charge on any atom is 0.311 e. The van der Waals surface area contributed by atoms with E-state index in [4.69, 9.17) is 17.0 Å². The Bertz CT molecular complexity index is 493. The summed E-state index contributed by atoms with van der Waals surface area (Å²) in [6.45, 7) is 3.06. The number of rotatable bonds is 6. The van der Waals surface area contributed by atoms with E-state index in [0.717, 1.165) is 32.2 Å². The molecule has 1 aliphatic rings. The molecule has 1 aromatic rings. The van der Waals surface area contributed by atoms with Crippen LogP contribution in [0.1, 0.15) is 31.7 Å². The Morgan fingerprint density at radius 2 is 2.09 bits per heavy atom. The molecule has 0 aromatic heterocycles. The number of esters is 1. The van der Waals surface area contributed by atoms with Gasteiger partial charge in [0.05, 0.1) is 12.5 Å². The summed E-state index contributed by atoms with van der Waals surface area (Å²) in [4.78, 5) is 11.9. The fraction of sp³-hybridized carbons (Fsp3) is 0.529. The molecule has 1 aromatic carbocycles. The lowest BCUT2D eigenvalue weighted by Crippen LogP contribution is -2.46. The number of nitrogens with one attached hydrogen (secondary N) is 2. The van der Waals surface area contributed by atoms with Crippen LogP contribution in [-0.2, 0) is 16.0 Å². The van der Waals surface area contributed by atoms with Crippen molar-refractivity contribution in [2.45, 2.75) is 38.6 Å². The monoisotopic (exact) mass is 320 g/mol. The first-order valence-electron chi connectivity index (χ1n) is 7.95. The van der Waals surface area contributed by atoms with E-state index in [1.165, 1.54) is 5.56 Å². The minimum Gasteiger partial charge on any atom is -0.466 e. The lowest BCUT2D eigenvalue weighted by Gasteiger charge is -2.21. The van der Waals surface area contributed by atoms with Gasteiger partial charge < -0.3 is 15.4 Å². The highest BCUT2D eigenvalue weighted by atomic mass is 32.1. The largest absolute Gasteiger partial charge is 0.466 e. The van der Waals surface area contributed by atoms with E-state index < -0.39 is 0 Å². The van der Waals surface area contributed by atoms with Crippen LogP contribution < -0.4 is 10.6 Å².